The molecule has 12 heavy (non-hydrogen) atoms. The van der Waals surface area contributed by atoms with E-state index in [0.717, 1.165) is 5.56 Å². The Morgan fingerprint density at radius 1 is 1.58 bits per heavy atom. The van der Waals surface area contributed by atoms with Gasteiger partial charge in [-0.15, -0.1) is 11.3 Å². The van der Waals surface area contributed by atoms with E-state index in [0.29, 0.717) is 5.92 Å². The van der Waals surface area contributed by atoms with Gasteiger partial charge in [-0.05, 0) is 58.4 Å². The van der Waals surface area contributed by atoms with Crippen molar-refractivity contribution in [1.82, 2.24) is 0 Å². The molecule has 0 spiro atoms. The molecule has 0 aliphatic heterocycles. The maximum absolute atomic E-state index is 9.86. The zero-order chi connectivity index (χ0) is 8.55. The Kier molecular flexibility index (Phi) is 2.72. The predicted molar refractivity (Wildman–Crippen MR) is 59.3 cm³/mol. The van der Waals surface area contributed by atoms with Gasteiger partial charge in [-0.1, -0.05) is 6.42 Å². The van der Waals surface area contributed by atoms with Crippen molar-refractivity contribution in [3.05, 3.63) is 19.9 Å². The fourth-order valence-corrected chi connectivity index (χ4v) is 2.91. The molecule has 0 radical (unpaired) electrons. The lowest BCUT2D eigenvalue weighted by atomic mass is 9.79. The average molecular weight is 294 g/mol. The monoisotopic (exact) mass is 294 g/mol. The van der Waals surface area contributed by atoms with Crippen LogP contribution in [0.15, 0.2) is 11.4 Å². The van der Waals surface area contributed by atoms with E-state index >= 15 is 0 Å². The van der Waals surface area contributed by atoms with Crippen LogP contribution in [0, 0.1) is 8.80 Å². The molecule has 1 saturated carbocycles. The standard InChI is InChI=1S/C9H11IOS/c10-8-4-7(5-12-8)9(11)6-2-1-3-6/h4-6,9,11H,1-3H2. The largest absolute Gasteiger partial charge is 0.388 e. The Morgan fingerprint density at radius 3 is 2.75 bits per heavy atom. The third kappa shape index (κ3) is 1.67. The zero-order valence-electron chi connectivity index (χ0n) is 6.66. The zero-order valence-corrected chi connectivity index (χ0v) is 9.64. The second kappa shape index (κ2) is 3.64. The molecule has 2 rings (SSSR count). The van der Waals surface area contributed by atoms with E-state index < -0.39 is 0 Å². The van der Waals surface area contributed by atoms with Crippen molar-refractivity contribution in [3.63, 3.8) is 0 Å². The normalized spacial score (nSPS) is 20.5. The SMILES string of the molecule is OC(c1csc(I)c1)C1CCC1. The fourth-order valence-electron chi connectivity index (χ4n) is 1.51. The summed E-state index contributed by atoms with van der Waals surface area (Å²) < 4.78 is 1.26. The maximum atomic E-state index is 9.86. The van der Waals surface area contributed by atoms with Crippen molar-refractivity contribution >= 4 is 33.9 Å². The van der Waals surface area contributed by atoms with Crippen LogP contribution < -0.4 is 0 Å². The molecule has 1 atom stereocenters. The van der Waals surface area contributed by atoms with E-state index in [-0.39, 0.29) is 6.10 Å². The highest BCUT2D eigenvalue weighted by molar-refractivity contribution is 14.1. The van der Waals surface area contributed by atoms with E-state index in [1.54, 1.807) is 11.3 Å². The number of hydrogen-bond donors (Lipinski definition) is 1. The van der Waals surface area contributed by atoms with Crippen LogP contribution in [0.4, 0.5) is 0 Å². The molecular weight excluding hydrogens is 283 g/mol. The Labute approximate surface area is 89.9 Å². The number of halogens is 1. The molecule has 1 aliphatic rings. The van der Waals surface area contributed by atoms with Crippen LogP contribution in [0.2, 0.25) is 0 Å². The minimum absolute atomic E-state index is 0.196. The molecule has 0 amide bonds. The van der Waals surface area contributed by atoms with Gasteiger partial charge in [0.05, 0.1) is 8.99 Å². The minimum Gasteiger partial charge on any atom is -0.388 e. The van der Waals surface area contributed by atoms with Gasteiger partial charge >= 0.3 is 0 Å². The first-order chi connectivity index (χ1) is 5.77. The first-order valence-electron chi connectivity index (χ1n) is 4.19. The molecule has 1 N–H and O–H groups in total. The van der Waals surface area contributed by atoms with E-state index in [2.05, 4.69) is 34.0 Å². The molecule has 1 aromatic rings. The number of rotatable bonds is 2. The van der Waals surface area contributed by atoms with Crippen LogP contribution in [0.25, 0.3) is 0 Å². The molecule has 1 aromatic heterocycles. The fraction of sp³-hybridized carbons (Fsp3) is 0.556. The molecular formula is C9H11IOS. The number of thiophene rings is 1. The molecule has 1 aliphatic carbocycles. The van der Waals surface area contributed by atoms with Crippen LogP contribution in [0.5, 0.6) is 0 Å². The van der Waals surface area contributed by atoms with Crippen molar-refractivity contribution in [2.45, 2.75) is 25.4 Å². The van der Waals surface area contributed by atoms with Gasteiger partial charge in [-0.25, -0.2) is 0 Å². The van der Waals surface area contributed by atoms with Crippen molar-refractivity contribution in [2.75, 3.05) is 0 Å². The Morgan fingerprint density at radius 2 is 2.33 bits per heavy atom. The molecule has 0 bridgehead atoms. The Hall–Kier alpha value is 0.390. The van der Waals surface area contributed by atoms with Gasteiger partial charge in [-0.2, -0.15) is 0 Å². The summed E-state index contributed by atoms with van der Waals surface area (Å²) in [5, 5.41) is 11.9. The lowest BCUT2D eigenvalue weighted by Crippen LogP contribution is -2.19. The van der Waals surface area contributed by atoms with Crippen LogP contribution in [0.1, 0.15) is 30.9 Å². The summed E-state index contributed by atoms with van der Waals surface area (Å²) in [6.45, 7) is 0. The van der Waals surface area contributed by atoms with Crippen LogP contribution in [-0.4, -0.2) is 5.11 Å². The Bertz CT molecular complexity index is 267. The summed E-state index contributed by atoms with van der Waals surface area (Å²) in [4.78, 5) is 0. The van der Waals surface area contributed by atoms with Gasteiger partial charge in [0.15, 0.2) is 0 Å². The summed E-state index contributed by atoms with van der Waals surface area (Å²) in [5.74, 6) is 0.537. The molecule has 66 valence electrons. The maximum Gasteiger partial charge on any atom is 0.0826 e. The van der Waals surface area contributed by atoms with Crippen LogP contribution in [0.3, 0.4) is 0 Å². The summed E-state index contributed by atoms with van der Waals surface area (Å²) >= 11 is 4.01. The summed E-state index contributed by atoms with van der Waals surface area (Å²) in [6, 6.07) is 2.09. The number of aliphatic hydroxyl groups is 1. The van der Waals surface area contributed by atoms with Crippen molar-refractivity contribution in [3.8, 4) is 0 Å². The first kappa shape index (κ1) is 8.97. The quantitative estimate of drug-likeness (QED) is 0.831. The first-order valence-corrected chi connectivity index (χ1v) is 6.15. The van der Waals surface area contributed by atoms with E-state index in [4.69, 9.17) is 0 Å². The van der Waals surface area contributed by atoms with Gasteiger partial charge in [0.25, 0.3) is 0 Å². The van der Waals surface area contributed by atoms with Crippen LogP contribution in [-0.2, 0) is 0 Å². The van der Waals surface area contributed by atoms with E-state index in [1.165, 1.54) is 22.1 Å². The lowest BCUT2D eigenvalue weighted by molar-refractivity contribution is 0.0624. The van der Waals surface area contributed by atoms with Crippen molar-refractivity contribution < 1.29 is 5.11 Å². The van der Waals surface area contributed by atoms with Crippen molar-refractivity contribution in [1.29, 1.82) is 0 Å². The molecule has 1 unspecified atom stereocenters. The second-order valence-electron chi connectivity index (χ2n) is 3.32. The predicted octanol–water partition coefficient (Wildman–Crippen LogP) is 3.19. The highest BCUT2D eigenvalue weighted by Gasteiger charge is 2.27. The van der Waals surface area contributed by atoms with Gasteiger partial charge in [0.2, 0.25) is 0 Å². The topological polar surface area (TPSA) is 20.2 Å². The highest BCUT2D eigenvalue weighted by atomic mass is 127. The molecule has 1 heterocycles. The lowest BCUT2D eigenvalue weighted by Gasteiger charge is -2.29. The smallest absolute Gasteiger partial charge is 0.0826 e. The van der Waals surface area contributed by atoms with Crippen molar-refractivity contribution in [2.24, 2.45) is 5.92 Å². The third-order valence-corrected chi connectivity index (χ3v) is 4.33. The summed E-state index contributed by atoms with van der Waals surface area (Å²) in [6.07, 6.45) is 3.50. The number of aliphatic hydroxyl groups excluding tert-OH is 1. The van der Waals surface area contributed by atoms with Crippen LogP contribution >= 0.6 is 33.9 Å². The minimum atomic E-state index is -0.196. The average Bonchev–Trinajstić information content (AvgIpc) is 2.31. The third-order valence-electron chi connectivity index (χ3n) is 2.53. The molecule has 0 saturated heterocycles. The summed E-state index contributed by atoms with van der Waals surface area (Å²) in [7, 11) is 0. The Balaban J connectivity index is 2.08. The van der Waals surface area contributed by atoms with Gasteiger partial charge in [-0.3, -0.25) is 0 Å². The van der Waals surface area contributed by atoms with Gasteiger partial charge in [0.1, 0.15) is 0 Å². The van der Waals surface area contributed by atoms with Gasteiger partial charge < -0.3 is 5.11 Å². The van der Waals surface area contributed by atoms with Gasteiger partial charge in [0, 0.05) is 0 Å². The molecule has 3 heteroatoms. The number of hydrogen-bond acceptors (Lipinski definition) is 2. The second-order valence-corrected chi connectivity index (χ2v) is 6.13. The highest BCUT2D eigenvalue weighted by Crippen LogP contribution is 2.38. The molecule has 1 fully saturated rings. The van der Waals surface area contributed by atoms with E-state index in [9.17, 15) is 5.11 Å². The molecule has 0 aromatic carbocycles. The summed E-state index contributed by atoms with van der Waals surface area (Å²) in [5.41, 5.74) is 1.12. The molecule has 1 nitrogen and oxygen atoms in total. The van der Waals surface area contributed by atoms with E-state index in [1.807, 2.05) is 0 Å².